The average molecular weight is 241 g/mol. The number of hydrogen-bond acceptors (Lipinski definition) is 2. The Morgan fingerprint density at radius 3 is 3.06 bits per heavy atom. The molecule has 0 radical (unpaired) electrons. The Balaban J connectivity index is 1.80. The predicted octanol–water partition coefficient (Wildman–Crippen LogP) is 2.10. The van der Waals surface area contributed by atoms with Crippen LogP contribution in [0, 0.1) is 5.92 Å². The van der Waals surface area contributed by atoms with Crippen LogP contribution in [0.5, 0.6) is 0 Å². The number of nitrogens with one attached hydrogen (secondary N) is 1. The van der Waals surface area contributed by atoms with Crippen LogP contribution in [0.3, 0.4) is 0 Å². The van der Waals surface area contributed by atoms with Gasteiger partial charge >= 0.3 is 0 Å². The minimum Gasteiger partial charge on any atom is -0.340 e. The third kappa shape index (κ3) is 1.90. The van der Waals surface area contributed by atoms with E-state index in [4.69, 9.17) is 0 Å². The van der Waals surface area contributed by atoms with Crippen molar-refractivity contribution in [2.75, 3.05) is 6.54 Å². The number of fused-ring (bicyclic) bond motifs is 1. The second-order valence-electron chi connectivity index (χ2n) is 4.67. The first-order valence-electron chi connectivity index (χ1n) is 6.10. The maximum atomic E-state index is 11.8. The van der Waals surface area contributed by atoms with Crippen molar-refractivity contribution in [2.45, 2.75) is 13.0 Å². The topological polar surface area (TPSA) is 49.0 Å². The number of hydrogen-bond donors (Lipinski definition) is 1. The molecule has 18 heavy (non-hydrogen) atoms. The van der Waals surface area contributed by atoms with Crippen molar-refractivity contribution in [3.8, 4) is 0 Å². The molecule has 0 saturated carbocycles. The molecule has 1 atom stereocenters. The molecule has 1 unspecified atom stereocenters. The van der Waals surface area contributed by atoms with Crippen LogP contribution < -0.4 is 0 Å². The summed E-state index contributed by atoms with van der Waals surface area (Å²) < 4.78 is 0. The second kappa shape index (κ2) is 4.29. The van der Waals surface area contributed by atoms with Crippen molar-refractivity contribution in [3.63, 3.8) is 0 Å². The molecule has 1 aliphatic rings. The first-order valence-corrected chi connectivity index (χ1v) is 6.10. The van der Waals surface area contributed by atoms with Crippen LogP contribution in [0.1, 0.15) is 12.2 Å². The van der Waals surface area contributed by atoms with Gasteiger partial charge in [0.2, 0.25) is 5.91 Å². The minimum absolute atomic E-state index is 0.181. The lowest BCUT2D eigenvalue weighted by molar-refractivity contribution is -0.128. The standard InChI is InChI=1S/C14H15N3O/c1-2-10-7-14(18)17(8-10)9-13-15-11-5-3-4-6-12(11)16-13/h2-6,10H,1,7-9H2,(H,15,16). The molecule has 1 saturated heterocycles. The largest absolute Gasteiger partial charge is 0.340 e. The molecule has 0 spiro atoms. The van der Waals surface area contributed by atoms with Gasteiger partial charge in [-0.2, -0.15) is 0 Å². The van der Waals surface area contributed by atoms with Gasteiger partial charge in [0, 0.05) is 18.9 Å². The van der Waals surface area contributed by atoms with Gasteiger partial charge in [0.05, 0.1) is 17.6 Å². The fourth-order valence-electron chi connectivity index (χ4n) is 2.37. The smallest absolute Gasteiger partial charge is 0.223 e. The van der Waals surface area contributed by atoms with Gasteiger partial charge < -0.3 is 9.88 Å². The maximum absolute atomic E-state index is 11.8. The molecule has 2 aromatic rings. The summed E-state index contributed by atoms with van der Waals surface area (Å²) in [5, 5.41) is 0. The van der Waals surface area contributed by atoms with E-state index in [2.05, 4.69) is 16.5 Å². The Hall–Kier alpha value is -2.10. The number of para-hydroxylation sites is 2. The SMILES string of the molecule is C=CC1CC(=O)N(Cc2nc3ccccc3[nH]2)C1. The zero-order valence-corrected chi connectivity index (χ0v) is 10.1. The van der Waals surface area contributed by atoms with Gasteiger partial charge in [0.1, 0.15) is 5.82 Å². The number of rotatable bonds is 3. The summed E-state index contributed by atoms with van der Waals surface area (Å²) >= 11 is 0. The zero-order chi connectivity index (χ0) is 12.5. The lowest BCUT2D eigenvalue weighted by Crippen LogP contribution is -2.25. The van der Waals surface area contributed by atoms with Crippen LogP contribution in [0.4, 0.5) is 0 Å². The van der Waals surface area contributed by atoms with Crippen molar-refractivity contribution in [1.82, 2.24) is 14.9 Å². The van der Waals surface area contributed by atoms with Gasteiger partial charge in [-0.3, -0.25) is 4.79 Å². The summed E-state index contributed by atoms with van der Waals surface area (Å²) in [6, 6.07) is 7.89. The van der Waals surface area contributed by atoms with Crippen LogP contribution in [-0.4, -0.2) is 27.3 Å². The Bertz CT molecular complexity index is 569. The maximum Gasteiger partial charge on any atom is 0.223 e. The van der Waals surface area contributed by atoms with Crippen LogP contribution in [0.25, 0.3) is 11.0 Å². The van der Waals surface area contributed by atoms with Crippen LogP contribution in [0.2, 0.25) is 0 Å². The van der Waals surface area contributed by atoms with E-state index in [-0.39, 0.29) is 11.8 Å². The molecule has 92 valence electrons. The number of aromatic amines is 1. The summed E-state index contributed by atoms with van der Waals surface area (Å²) in [5.74, 6) is 1.30. The van der Waals surface area contributed by atoms with Crippen molar-refractivity contribution < 1.29 is 4.79 Å². The van der Waals surface area contributed by atoms with Gasteiger partial charge in [-0.1, -0.05) is 18.2 Å². The number of amides is 1. The quantitative estimate of drug-likeness (QED) is 0.836. The van der Waals surface area contributed by atoms with E-state index in [1.807, 2.05) is 35.2 Å². The monoisotopic (exact) mass is 241 g/mol. The van der Waals surface area contributed by atoms with Crippen molar-refractivity contribution in [1.29, 1.82) is 0 Å². The highest BCUT2D eigenvalue weighted by molar-refractivity contribution is 5.79. The fourth-order valence-corrected chi connectivity index (χ4v) is 2.37. The van der Waals surface area contributed by atoms with Crippen LogP contribution in [-0.2, 0) is 11.3 Å². The Morgan fingerprint density at radius 1 is 1.50 bits per heavy atom. The number of aromatic nitrogens is 2. The van der Waals surface area contributed by atoms with Crippen molar-refractivity contribution in [2.24, 2.45) is 5.92 Å². The molecular weight excluding hydrogens is 226 g/mol. The molecular formula is C14H15N3O. The molecule has 4 heteroatoms. The van der Waals surface area contributed by atoms with Crippen molar-refractivity contribution >= 4 is 16.9 Å². The molecule has 1 N–H and O–H groups in total. The van der Waals surface area contributed by atoms with E-state index in [9.17, 15) is 4.79 Å². The molecule has 1 amide bonds. The molecule has 4 nitrogen and oxygen atoms in total. The molecule has 1 aliphatic heterocycles. The van der Waals surface area contributed by atoms with Gasteiger partial charge in [-0.25, -0.2) is 4.98 Å². The summed E-state index contributed by atoms with van der Waals surface area (Å²) in [5.41, 5.74) is 1.96. The molecule has 1 aromatic carbocycles. The first-order chi connectivity index (χ1) is 8.76. The highest BCUT2D eigenvalue weighted by Crippen LogP contribution is 2.20. The number of H-pyrrole nitrogens is 1. The van der Waals surface area contributed by atoms with E-state index in [0.717, 1.165) is 23.4 Å². The Labute approximate surface area is 105 Å². The molecule has 0 aliphatic carbocycles. The van der Waals surface area contributed by atoms with Crippen LogP contribution >= 0.6 is 0 Å². The van der Waals surface area contributed by atoms with Gasteiger partial charge in [0.15, 0.2) is 0 Å². The summed E-state index contributed by atoms with van der Waals surface area (Å²) in [4.78, 5) is 21.4. The average Bonchev–Trinajstić information content (AvgIpc) is 2.93. The van der Waals surface area contributed by atoms with E-state index in [0.29, 0.717) is 13.0 Å². The number of nitrogens with zero attached hydrogens (tertiary/aromatic N) is 2. The van der Waals surface area contributed by atoms with Crippen molar-refractivity contribution in [3.05, 3.63) is 42.7 Å². The van der Waals surface area contributed by atoms with Crippen LogP contribution in [0.15, 0.2) is 36.9 Å². The van der Waals surface area contributed by atoms with Gasteiger partial charge in [0.25, 0.3) is 0 Å². The molecule has 1 aromatic heterocycles. The Morgan fingerprint density at radius 2 is 2.33 bits per heavy atom. The number of carbonyl (C=O) groups is 1. The molecule has 3 rings (SSSR count). The lowest BCUT2D eigenvalue weighted by Gasteiger charge is -2.13. The van der Waals surface area contributed by atoms with E-state index < -0.39 is 0 Å². The summed E-state index contributed by atoms with van der Waals surface area (Å²) in [6.07, 6.45) is 2.43. The number of carbonyl (C=O) groups excluding carboxylic acids is 1. The van der Waals surface area contributed by atoms with E-state index in [1.54, 1.807) is 0 Å². The molecule has 2 heterocycles. The first kappa shape index (κ1) is 11.0. The number of benzene rings is 1. The fraction of sp³-hybridized carbons (Fsp3) is 0.286. The molecule has 0 bridgehead atoms. The predicted molar refractivity (Wildman–Crippen MR) is 69.8 cm³/mol. The summed E-state index contributed by atoms with van der Waals surface area (Å²) in [6.45, 7) is 5.05. The number of imidazole rings is 1. The lowest BCUT2D eigenvalue weighted by atomic mass is 10.1. The zero-order valence-electron chi connectivity index (χ0n) is 10.1. The third-order valence-corrected chi connectivity index (χ3v) is 3.36. The normalized spacial score (nSPS) is 19.7. The highest BCUT2D eigenvalue weighted by Gasteiger charge is 2.27. The third-order valence-electron chi connectivity index (χ3n) is 3.36. The van der Waals surface area contributed by atoms with Gasteiger partial charge in [-0.05, 0) is 12.1 Å². The molecule has 1 fully saturated rings. The van der Waals surface area contributed by atoms with E-state index in [1.165, 1.54) is 0 Å². The second-order valence-corrected chi connectivity index (χ2v) is 4.67. The number of likely N-dealkylation sites (tertiary alicyclic amines) is 1. The van der Waals surface area contributed by atoms with E-state index >= 15 is 0 Å². The summed E-state index contributed by atoms with van der Waals surface area (Å²) in [7, 11) is 0. The minimum atomic E-state index is 0.181. The Kier molecular flexibility index (Phi) is 2.63. The highest BCUT2D eigenvalue weighted by atomic mass is 16.2. The van der Waals surface area contributed by atoms with Gasteiger partial charge in [-0.15, -0.1) is 6.58 Å².